The predicted octanol–water partition coefficient (Wildman–Crippen LogP) is 4.86. The van der Waals surface area contributed by atoms with E-state index in [1.54, 1.807) is 34.8 Å². The van der Waals surface area contributed by atoms with Crippen molar-refractivity contribution in [1.82, 2.24) is 34.8 Å². The zero-order chi connectivity index (χ0) is 53.6. The number of aliphatic hydroxyl groups excluding tert-OH is 3. The first-order valence-corrected chi connectivity index (χ1v) is 26.7. The Hall–Kier alpha value is -3.53. The molecule has 0 saturated carbocycles. The molecule has 6 rings (SSSR count). The SMILES string of the molecule is CC[C@H]1OC(=O)[C@H](C)[C@@H](C2C[C@@](C)(OC)[C@@H](O)[C@H](C)O2)[C@H](C)[C@@H](O[C@@H]2O[C@H](C)C[C@H](N(C)CCc3cn(CCCCc4ccc(-c5cncnc5)cc4)nn3)[C@H]2O)[C@](C)(O)C[C@@H](C)CN(C)[C@H](C)[C@@H](O)[C@]1(C)O. The van der Waals surface area contributed by atoms with Gasteiger partial charge in [-0.1, -0.05) is 57.2 Å². The Morgan fingerprint density at radius 3 is 2.25 bits per heavy atom. The van der Waals surface area contributed by atoms with Gasteiger partial charge in [0.15, 0.2) is 6.29 Å². The average Bonchev–Trinajstić information content (AvgIpc) is 3.82. The number of carbonyl (C=O) groups excluding carboxylic acids is 1. The number of aliphatic hydroxyl groups is 5. The third-order valence-corrected chi connectivity index (χ3v) is 16.7. The molecule has 18 atom stereocenters. The van der Waals surface area contributed by atoms with Crippen LogP contribution in [0.25, 0.3) is 11.1 Å². The lowest BCUT2D eigenvalue weighted by atomic mass is 9.68. The number of unbranched alkanes of at least 4 members (excludes halogenated alkanes) is 1. The van der Waals surface area contributed by atoms with Crippen LogP contribution < -0.4 is 0 Å². The maximum atomic E-state index is 14.6. The molecule has 0 spiro atoms. The van der Waals surface area contributed by atoms with Crippen LogP contribution in [0.2, 0.25) is 0 Å². The van der Waals surface area contributed by atoms with Gasteiger partial charge in [-0.05, 0) is 117 Å². The van der Waals surface area contributed by atoms with Crippen molar-refractivity contribution in [2.45, 2.75) is 211 Å². The minimum Gasteiger partial charge on any atom is -0.459 e. The Bertz CT molecular complexity index is 2170. The number of nitrogens with zero attached hydrogens (tertiary/aromatic N) is 7. The Kier molecular flexibility index (Phi) is 20.2. The molecule has 3 aliphatic rings. The lowest BCUT2D eigenvalue weighted by Crippen LogP contribution is -2.62. The molecule has 0 bridgehead atoms. The molecule has 0 aliphatic carbocycles. The third-order valence-electron chi connectivity index (χ3n) is 16.7. The highest BCUT2D eigenvalue weighted by molar-refractivity contribution is 5.73. The van der Waals surface area contributed by atoms with Gasteiger partial charge in [-0.3, -0.25) is 9.48 Å². The van der Waals surface area contributed by atoms with Gasteiger partial charge in [0, 0.05) is 81.7 Å². The van der Waals surface area contributed by atoms with E-state index in [4.69, 9.17) is 23.7 Å². The largest absolute Gasteiger partial charge is 0.459 e. The van der Waals surface area contributed by atoms with Gasteiger partial charge >= 0.3 is 5.97 Å². The molecule has 3 aromatic rings. The van der Waals surface area contributed by atoms with E-state index < -0.39 is 95.6 Å². The number of benzene rings is 1. The maximum absolute atomic E-state index is 14.6. The van der Waals surface area contributed by atoms with Crippen LogP contribution in [0.3, 0.4) is 0 Å². The highest BCUT2D eigenvalue weighted by Crippen LogP contribution is 2.45. The van der Waals surface area contributed by atoms with Crippen LogP contribution >= 0.6 is 0 Å². The monoisotopic (exact) mass is 1020 g/mol. The minimum atomic E-state index is -1.81. The first kappa shape index (κ1) is 58.7. The van der Waals surface area contributed by atoms with Gasteiger partial charge in [0.05, 0.1) is 47.2 Å². The molecular formula is C55H89N7O11. The summed E-state index contributed by atoms with van der Waals surface area (Å²) >= 11 is 0. The number of aryl methyl sites for hydroxylation is 2. The van der Waals surface area contributed by atoms with E-state index in [0.29, 0.717) is 25.9 Å². The van der Waals surface area contributed by atoms with Crippen molar-refractivity contribution in [3.63, 3.8) is 0 Å². The molecule has 3 fully saturated rings. The fourth-order valence-corrected chi connectivity index (χ4v) is 12.1. The molecule has 0 radical (unpaired) electrons. The number of carbonyl (C=O) groups is 1. The number of esters is 1. The molecule has 18 heteroatoms. The van der Waals surface area contributed by atoms with E-state index in [-0.39, 0.29) is 37.3 Å². The number of cyclic esters (lactones) is 1. The molecule has 2 aromatic heterocycles. The number of ether oxygens (including phenoxy) is 5. The lowest BCUT2D eigenvalue weighted by molar-refractivity contribution is -0.302. The van der Waals surface area contributed by atoms with Crippen molar-refractivity contribution >= 4 is 5.97 Å². The van der Waals surface area contributed by atoms with Gasteiger partial charge in [0.25, 0.3) is 0 Å². The van der Waals surface area contributed by atoms with Crippen molar-refractivity contribution < 1.29 is 54.0 Å². The molecule has 1 unspecified atom stereocenters. The van der Waals surface area contributed by atoms with Crippen molar-refractivity contribution in [3.8, 4) is 11.1 Å². The highest BCUT2D eigenvalue weighted by atomic mass is 16.7. The van der Waals surface area contributed by atoms with Gasteiger partial charge in [0.2, 0.25) is 0 Å². The van der Waals surface area contributed by atoms with Gasteiger partial charge in [-0.2, -0.15) is 0 Å². The summed E-state index contributed by atoms with van der Waals surface area (Å²) in [6, 6.07) is 7.60. The summed E-state index contributed by atoms with van der Waals surface area (Å²) in [5.74, 6) is -3.09. The van der Waals surface area contributed by atoms with Gasteiger partial charge in [-0.25, -0.2) is 9.97 Å². The van der Waals surface area contributed by atoms with Crippen LogP contribution in [-0.2, 0) is 47.9 Å². The first-order chi connectivity index (χ1) is 34.4. The predicted molar refractivity (Wildman–Crippen MR) is 276 cm³/mol. The molecule has 1 aromatic carbocycles. The van der Waals surface area contributed by atoms with Crippen molar-refractivity contribution in [3.05, 3.63) is 60.4 Å². The molecule has 3 aliphatic heterocycles. The molecule has 18 nitrogen and oxygen atoms in total. The van der Waals surface area contributed by atoms with Gasteiger partial charge in [0.1, 0.15) is 36.3 Å². The van der Waals surface area contributed by atoms with Crippen molar-refractivity contribution in [1.29, 1.82) is 0 Å². The molecular weight excluding hydrogens is 935 g/mol. The number of aromatic nitrogens is 5. The normalized spacial score (nSPS) is 38.7. The lowest BCUT2D eigenvalue weighted by Gasteiger charge is -2.51. The molecule has 0 amide bonds. The topological polar surface area (TPSA) is 227 Å². The van der Waals surface area contributed by atoms with Crippen LogP contribution in [0.4, 0.5) is 0 Å². The molecule has 5 N–H and O–H groups in total. The van der Waals surface area contributed by atoms with E-state index in [9.17, 15) is 30.3 Å². The smallest absolute Gasteiger partial charge is 0.309 e. The summed E-state index contributed by atoms with van der Waals surface area (Å²) < 4.78 is 34.2. The van der Waals surface area contributed by atoms with E-state index in [1.807, 2.05) is 76.9 Å². The van der Waals surface area contributed by atoms with E-state index in [2.05, 4.69) is 49.4 Å². The highest BCUT2D eigenvalue weighted by Gasteiger charge is 2.55. The van der Waals surface area contributed by atoms with Crippen LogP contribution in [0.1, 0.15) is 119 Å². The van der Waals surface area contributed by atoms with Crippen molar-refractivity contribution in [2.75, 3.05) is 34.3 Å². The standard InChI is InChI=1S/C55H89N7O11/c1-14-45-55(10,68)48(64)37(6)61(12)30-33(2)26-53(8,67)50(35(4)46(36(5)51(66)72-45)44-27-54(9,69-13)49(65)38(7)71-44)73-52-47(63)43(25-34(3)70-52)60(11)24-22-42-31-62(59-58-42)23-16-15-17-39-18-20-40(21-19-39)41-28-56-32-57-29-41/h18-21,28-29,31-38,43-50,52,63-65,67-68H,14-17,22-27,30H2,1-13H3/t33-,34-,35+,36-,37-,38+,43+,44?,45-,46+,47-,48-,49+,50-,52+,53-,54-,55-/m1/s1. The molecule has 73 heavy (non-hydrogen) atoms. The minimum absolute atomic E-state index is 0.162. The molecule has 410 valence electrons. The Labute approximate surface area is 434 Å². The molecule has 3 saturated heterocycles. The zero-order valence-corrected chi connectivity index (χ0v) is 45.9. The summed E-state index contributed by atoms with van der Waals surface area (Å²) in [5, 5.41) is 69.0. The first-order valence-electron chi connectivity index (χ1n) is 26.7. The summed E-state index contributed by atoms with van der Waals surface area (Å²) in [5.41, 5.74) is -0.224. The summed E-state index contributed by atoms with van der Waals surface area (Å²) in [6.07, 6.45) is 3.48. The number of likely N-dealkylation sites (N-methyl/N-ethyl adjacent to an activating group) is 2. The average molecular weight is 1020 g/mol. The number of methoxy groups -OCH3 is 1. The molecule has 5 heterocycles. The second-order valence-corrected chi connectivity index (χ2v) is 22.8. The van der Waals surface area contributed by atoms with E-state index >= 15 is 0 Å². The summed E-state index contributed by atoms with van der Waals surface area (Å²) in [6.45, 7) is 19.8. The third kappa shape index (κ3) is 14.1. The summed E-state index contributed by atoms with van der Waals surface area (Å²) in [7, 11) is 5.37. The Balaban J connectivity index is 1.19. The number of rotatable bonds is 15. The Morgan fingerprint density at radius 2 is 1.59 bits per heavy atom. The van der Waals surface area contributed by atoms with Crippen molar-refractivity contribution in [2.24, 2.45) is 23.7 Å². The van der Waals surface area contributed by atoms with E-state index in [0.717, 1.165) is 42.6 Å². The fourth-order valence-electron chi connectivity index (χ4n) is 12.1. The van der Waals surface area contributed by atoms with Gasteiger partial charge in [-0.15, -0.1) is 5.10 Å². The fraction of sp³-hybridized carbons (Fsp3) is 0.764. The summed E-state index contributed by atoms with van der Waals surface area (Å²) in [4.78, 5) is 26.9. The Morgan fingerprint density at radius 1 is 0.904 bits per heavy atom. The second kappa shape index (κ2) is 25.1. The maximum Gasteiger partial charge on any atom is 0.309 e. The van der Waals surface area contributed by atoms with Crippen LogP contribution in [-0.4, -0.2) is 185 Å². The quantitative estimate of drug-likeness (QED) is 0.101. The number of hydrogen-bond acceptors (Lipinski definition) is 17. The second-order valence-electron chi connectivity index (χ2n) is 22.8. The number of hydrogen-bond donors (Lipinski definition) is 5. The zero-order valence-electron chi connectivity index (χ0n) is 45.9. The van der Waals surface area contributed by atoms with Crippen LogP contribution in [0, 0.1) is 23.7 Å². The van der Waals surface area contributed by atoms with Crippen LogP contribution in [0.5, 0.6) is 0 Å². The van der Waals surface area contributed by atoms with Gasteiger partial charge < -0.3 is 59.0 Å². The van der Waals surface area contributed by atoms with E-state index in [1.165, 1.54) is 18.8 Å². The van der Waals surface area contributed by atoms with Crippen LogP contribution in [0.15, 0.2) is 49.2 Å².